The van der Waals surface area contributed by atoms with Gasteiger partial charge in [-0.05, 0) is 24.1 Å². The molecule has 19 heavy (non-hydrogen) atoms. The summed E-state index contributed by atoms with van der Waals surface area (Å²) in [4.78, 5) is 7.91. The molecule has 98 valence electrons. The zero-order chi connectivity index (χ0) is 13.1. The van der Waals surface area contributed by atoms with Gasteiger partial charge < -0.3 is 14.8 Å². The first-order valence-electron chi connectivity index (χ1n) is 5.91. The van der Waals surface area contributed by atoms with Crippen LogP contribution in [0.4, 0.5) is 5.82 Å². The number of halogens is 1. The molecule has 0 unspecified atom stereocenters. The van der Waals surface area contributed by atoms with Gasteiger partial charge in [-0.3, -0.25) is 0 Å². The van der Waals surface area contributed by atoms with Crippen molar-refractivity contribution in [1.29, 1.82) is 0 Å². The standard InChI is InChI=1S/C13H12ClN3O2/c14-12-6-13(17-7-16-12)15-4-3-9-1-2-10-11(5-9)19-8-18-10/h1-2,5-7H,3-4,8H2,(H,15,16,17). The third-order valence-electron chi connectivity index (χ3n) is 2.79. The highest BCUT2D eigenvalue weighted by Gasteiger charge is 2.12. The molecule has 1 aromatic carbocycles. The van der Waals surface area contributed by atoms with Crippen molar-refractivity contribution in [3.63, 3.8) is 0 Å². The van der Waals surface area contributed by atoms with E-state index < -0.39 is 0 Å². The maximum atomic E-state index is 5.78. The van der Waals surface area contributed by atoms with E-state index >= 15 is 0 Å². The van der Waals surface area contributed by atoms with Crippen LogP contribution in [0.2, 0.25) is 5.15 Å². The number of aromatic nitrogens is 2. The van der Waals surface area contributed by atoms with Gasteiger partial charge in [0.25, 0.3) is 0 Å². The maximum Gasteiger partial charge on any atom is 0.231 e. The molecule has 2 aromatic rings. The highest BCUT2D eigenvalue weighted by Crippen LogP contribution is 2.32. The molecule has 2 heterocycles. The van der Waals surface area contributed by atoms with Crippen LogP contribution in [-0.4, -0.2) is 23.3 Å². The van der Waals surface area contributed by atoms with Gasteiger partial charge in [0, 0.05) is 12.6 Å². The van der Waals surface area contributed by atoms with Crippen LogP contribution in [0, 0.1) is 0 Å². The lowest BCUT2D eigenvalue weighted by molar-refractivity contribution is 0.174. The van der Waals surface area contributed by atoms with Crippen LogP contribution in [-0.2, 0) is 6.42 Å². The largest absolute Gasteiger partial charge is 0.454 e. The second kappa shape index (κ2) is 5.32. The van der Waals surface area contributed by atoms with E-state index in [2.05, 4.69) is 15.3 Å². The Morgan fingerprint density at radius 2 is 2.05 bits per heavy atom. The minimum Gasteiger partial charge on any atom is -0.454 e. The Morgan fingerprint density at radius 3 is 2.95 bits per heavy atom. The smallest absolute Gasteiger partial charge is 0.231 e. The number of nitrogens with one attached hydrogen (secondary N) is 1. The quantitative estimate of drug-likeness (QED) is 0.870. The Morgan fingerprint density at radius 1 is 1.16 bits per heavy atom. The van der Waals surface area contributed by atoms with E-state index in [1.54, 1.807) is 6.07 Å². The summed E-state index contributed by atoms with van der Waals surface area (Å²) in [6.07, 6.45) is 2.30. The van der Waals surface area contributed by atoms with Crippen molar-refractivity contribution in [2.24, 2.45) is 0 Å². The van der Waals surface area contributed by atoms with Gasteiger partial charge in [-0.15, -0.1) is 0 Å². The highest BCUT2D eigenvalue weighted by molar-refractivity contribution is 6.29. The Balaban J connectivity index is 1.58. The summed E-state index contributed by atoms with van der Waals surface area (Å²) in [7, 11) is 0. The van der Waals surface area contributed by atoms with E-state index in [0.29, 0.717) is 11.9 Å². The fourth-order valence-electron chi connectivity index (χ4n) is 1.86. The molecule has 5 nitrogen and oxygen atoms in total. The summed E-state index contributed by atoms with van der Waals surface area (Å²) >= 11 is 5.78. The molecule has 0 saturated heterocycles. The molecule has 0 aliphatic carbocycles. The van der Waals surface area contributed by atoms with Crippen LogP contribution in [0.1, 0.15) is 5.56 Å². The van der Waals surface area contributed by atoms with E-state index in [-0.39, 0.29) is 0 Å². The molecule has 3 rings (SSSR count). The molecule has 1 N–H and O–H groups in total. The average Bonchev–Trinajstić information content (AvgIpc) is 2.86. The van der Waals surface area contributed by atoms with Gasteiger partial charge in [0.05, 0.1) is 0 Å². The van der Waals surface area contributed by atoms with Crippen LogP contribution in [0.3, 0.4) is 0 Å². The second-order valence-electron chi connectivity index (χ2n) is 4.09. The molecule has 0 atom stereocenters. The average molecular weight is 278 g/mol. The van der Waals surface area contributed by atoms with Crippen molar-refractivity contribution >= 4 is 17.4 Å². The lowest BCUT2D eigenvalue weighted by Gasteiger charge is -2.06. The number of hydrogen-bond donors (Lipinski definition) is 1. The van der Waals surface area contributed by atoms with Crippen LogP contribution in [0.5, 0.6) is 11.5 Å². The molecule has 0 bridgehead atoms. The number of rotatable bonds is 4. The first kappa shape index (κ1) is 12.0. The number of nitrogens with zero attached hydrogens (tertiary/aromatic N) is 2. The molecule has 0 radical (unpaired) electrons. The number of benzene rings is 1. The highest BCUT2D eigenvalue weighted by atomic mass is 35.5. The number of ether oxygens (including phenoxy) is 2. The second-order valence-corrected chi connectivity index (χ2v) is 4.48. The molecular weight excluding hydrogens is 266 g/mol. The summed E-state index contributed by atoms with van der Waals surface area (Å²) in [6, 6.07) is 7.65. The Hall–Kier alpha value is -2.01. The fraction of sp³-hybridized carbons (Fsp3) is 0.231. The van der Waals surface area contributed by atoms with E-state index in [4.69, 9.17) is 21.1 Å². The summed E-state index contributed by atoms with van der Waals surface area (Å²) in [6.45, 7) is 1.06. The first-order chi connectivity index (χ1) is 9.31. The van der Waals surface area contributed by atoms with Gasteiger partial charge in [-0.1, -0.05) is 17.7 Å². The molecule has 0 fully saturated rings. The molecular formula is C13H12ClN3O2. The Bertz CT molecular complexity index is 592. The monoisotopic (exact) mass is 277 g/mol. The van der Waals surface area contributed by atoms with Gasteiger partial charge in [0.1, 0.15) is 17.3 Å². The van der Waals surface area contributed by atoms with Crippen LogP contribution >= 0.6 is 11.6 Å². The van der Waals surface area contributed by atoms with Gasteiger partial charge in [-0.2, -0.15) is 0 Å². The molecule has 6 heteroatoms. The summed E-state index contributed by atoms with van der Waals surface area (Å²) in [5.74, 6) is 2.34. The summed E-state index contributed by atoms with van der Waals surface area (Å²) < 4.78 is 10.6. The third-order valence-corrected chi connectivity index (χ3v) is 3.00. The predicted molar refractivity (Wildman–Crippen MR) is 71.8 cm³/mol. The fourth-order valence-corrected chi connectivity index (χ4v) is 2.01. The summed E-state index contributed by atoms with van der Waals surface area (Å²) in [5.41, 5.74) is 1.18. The van der Waals surface area contributed by atoms with Gasteiger partial charge in [0.2, 0.25) is 6.79 Å². The van der Waals surface area contributed by atoms with Crippen molar-refractivity contribution in [3.05, 3.63) is 41.3 Å². The van der Waals surface area contributed by atoms with Gasteiger partial charge >= 0.3 is 0 Å². The SMILES string of the molecule is Clc1cc(NCCc2ccc3c(c2)OCO3)ncn1. The minimum absolute atomic E-state index is 0.302. The maximum absolute atomic E-state index is 5.78. The summed E-state index contributed by atoms with van der Waals surface area (Å²) in [5, 5.41) is 3.63. The normalized spacial score (nSPS) is 12.5. The Kier molecular flexibility index (Phi) is 3.37. The van der Waals surface area contributed by atoms with Crippen LogP contribution < -0.4 is 14.8 Å². The number of hydrogen-bond acceptors (Lipinski definition) is 5. The predicted octanol–water partition coefficient (Wildman–Crippen LogP) is 2.51. The van der Waals surface area contributed by atoms with Crippen molar-refractivity contribution in [2.75, 3.05) is 18.7 Å². The molecule has 0 saturated carbocycles. The first-order valence-corrected chi connectivity index (χ1v) is 6.29. The Labute approximate surface area is 115 Å². The van der Waals surface area contributed by atoms with E-state index in [0.717, 1.165) is 30.3 Å². The van der Waals surface area contributed by atoms with Gasteiger partial charge in [-0.25, -0.2) is 9.97 Å². The van der Waals surface area contributed by atoms with Crippen molar-refractivity contribution in [3.8, 4) is 11.5 Å². The topological polar surface area (TPSA) is 56.3 Å². The van der Waals surface area contributed by atoms with Gasteiger partial charge in [0.15, 0.2) is 11.5 Å². The van der Waals surface area contributed by atoms with Crippen LogP contribution in [0.15, 0.2) is 30.6 Å². The zero-order valence-corrected chi connectivity index (χ0v) is 10.9. The minimum atomic E-state index is 0.302. The van der Waals surface area contributed by atoms with Crippen molar-refractivity contribution < 1.29 is 9.47 Å². The lowest BCUT2D eigenvalue weighted by atomic mass is 10.1. The zero-order valence-electron chi connectivity index (χ0n) is 10.1. The van der Waals surface area contributed by atoms with E-state index in [1.165, 1.54) is 11.9 Å². The van der Waals surface area contributed by atoms with E-state index in [1.807, 2.05) is 18.2 Å². The number of fused-ring (bicyclic) bond motifs is 1. The molecule has 1 aromatic heterocycles. The van der Waals surface area contributed by atoms with Crippen molar-refractivity contribution in [1.82, 2.24) is 9.97 Å². The van der Waals surface area contributed by atoms with E-state index in [9.17, 15) is 0 Å². The molecule has 0 spiro atoms. The molecule has 0 amide bonds. The molecule has 1 aliphatic heterocycles. The third kappa shape index (κ3) is 2.88. The lowest BCUT2D eigenvalue weighted by Crippen LogP contribution is -2.06. The molecule has 1 aliphatic rings. The van der Waals surface area contributed by atoms with Crippen LogP contribution in [0.25, 0.3) is 0 Å². The van der Waals surface area contributed by atoms with Crippen molar-refractivity contribution in [2.45, 2.75) is 6.42 Å². The number of anilines is 1.